The Kier molecular flexibility index (Phi) is 8.60. The van der Waals surface area contributed by atoms with Crippen LogP contribution >= 0.6 is 23.4 Å². The summed E-state index contributed by atoms with van der Waals surface area (Å²) in [5.74, 6) is -1.39. The summed E-state index contributed by atoms with van der Waals surface area (Å²) >= 11 is 8.06. The van der Waals surface area contributed by atoms with Gasteiger partial charge < -0.3 is 25.4 Å². The van der Waals surface area contributed by atoms with Crippen molar-refractivity contribution < 1.29 is 24.2 Å². The highest BCUT2D eigenvalue weighted by Crippen LogP contribution is 2.67. The van der Waals surface area contributed by atoms with Gasteiger partial charge in [-0.1, -0.05) is 44.0 Å². The van der Waals surface area contributed by atoms with Crippen LogP contribution in [0.4, 0.5) is 11.4 Å². The van der Waals surface area contributed by atoms with E-state index in [-0.39, 0.29) is 35.5 Å². The predicted molar refractivity (Wildman–Crippen MR) is 162 cm³/mol. The zero-order chi connectivity index (χ0) is 29.5. The van der Waals surface area contributed by atoms with E-state index >= 15 is 0 Å². The van der Waals surface area contributed by atoms with E-state index in [9.17, 15) is 19.5 Å². The maximum atomic E-state index is 14.4. The van der Waals surface area contributed by atoms with Gasteiger partial charge in [0, 0.05) is 10.9 Å². The van der Waals surface area contributed by atoms with Gasteiger partial charge >= 0.3 is 0 Å². The summed E-state index contributed by atoms with van der Waals surface area (Å²) in [6, 6.07) is 11.2. The summed E-state index contributed by atoms with van der Waals surface area (Å²) < 4.78 is 4.73. The number of fused-ring (bicyclic) bond motifs is 1. The van der Waals surface area contributed by atoms with Crippen LogP contribution in [0.15, 0.2) is 42.5 Å². The van der Waals surface area contributed by atoms with Crippen molar-refractivity contribution in [1.82, 2.24) is 4.90 Å². The van der Waals surface area contributed by atoms with E-state index in [0.29, 0.717) is 35.2 Å². The van der Waals surface area contributed by atoms with Crippen LogP contribution in [0.25, 0.3) is 0 Å². The van der Waals surface area contributed by atoms with Gasteiger partial charge in [0.1, 0.15) is 11.8 Å². The minimum Gasteiger partial charge on any atom is -0.494 e. The maximum Gasteiger partial charge on any atom is 0.248 e. The Labute approximate surface area is 250 Å². The van der Waals surface area contributed by atoms with Crippen molar-refractivity contribution in [3.8, 4) is 5.75 Å². The molecule has 1 spiro atoms. The standard InChI is InChI=1S/C31H38ClN3O5S/c1-5-17(3)22(16-36)35-27(29(38)34-26-18(4)8-7-9-21(26)32)31-15-14-23(41-31)24(25(31)30(35)39)28(37)33-19-10-12-20(13-11-19)40-6-2/h7-13,17,22-25,27,36H,5-6,14-16H2,1-4H3,(H,33,37)(H,34,38)/t17-,22-,23-,24+,25-,27?,31?/m0/s1. The first-order chi connectivity index (χ1) is 19.7. The lowest BCUT2D eigenvalue weighted by atomic mass is 9.70. The molecule has 10 heteroatoms. The molecule has 3 heterocycles. The molecule has 2 aromatic rings. The molecule has 0 saturated carbocycles. The third-order valence-electron chi connectivity index (χ3n) is 9.04. The number of rotatable bonds is 10. The number of carbonyl (C=O) groups is 3. The second-order valence-electron chi connectivity index (χ2n) is 11.3. The van der Waals surface area contributed by atoms with Gasteiger partial charge in [-0.15, -0.1) is 11.8 Å². The monoisotopic (exact) mass is 599 g/mol. The molecule has 5 rings (SSSR count). The minimum absolute atomic E-state index is 0.0464. The van der Waals surface area contributed by atoms with Crippen molar-refractivity contribution in [2.75, 3.05) is 23.8 Å². The van der Waals surface area contributed by atoms with E-state index in [1.165, 1.54) is 0 Å². The molecule has 3 aliphatic rings. The zero-order valence-electron chi connectivity index (χ0n) is 23.9. The fourth-order valence-electron chi connectivity index (χ4n) is 6.87. The number of thioether (sulfide) groups is 1. The third kappa shape index (κ3) is 5.10. The van der Waals surface area contributed by atoms with E-state index in [1.807, 2.05) is 39.8 Å². The van der Waals surface area contributed by atoms with Gasteiger partial charge in [-0.2, -0.15) is 0 Å². The number of halogens is 1. The van der Waals surface area contributed by atoms with E-state index in [0.717, 1.165) is 18.4 Å². The number of aryl methyl sites for hydroxylation is 1. The zero-order valence-corrected chi connectivity index (χ0v) is 25.4. The number of anilines is 2. The van der Waals surface area contributed by atoms with Crippen LogP contribution in [0, 0.1) is 24.7 Å². The van der Waals surface area contributed by atoms with Crippen molar-refractivity contribution in [2.45, 2.75) is 69.0 Å². The molecular formula is C31H38ClN3O5S. The highest BCUT2D eigenvalue weighted by Gasteiger charge is 2.74. The SMILES string of the molecule is CCOc1ccc(NC(=O)[C@@H]2[C@@H]3CCC4(S3)C(C(=O)Nc3c(C)cccc3Cl)N([C@@H](CO)[C@@H](C)CC)C(=O)[C@H]24)cc1. The number of aliphatic hydroxyl groups is 1. The maximum absolute atomic E-state index is 14.4. The first-order valence-electron chi connectivity index (χ1n) is 14.4. The molecule has 2 unspecified atom stereocenters. The van der Waals surface area contributed by atoms with Gasteiger partial charge in [-0.25, -0.2) is 0 Å². The van der Waals surface area contributed by atoms with Gasteiger partial charge in [-0.3, -0.25) is 14.4 Å². The fourth-order valence-corrected chi connectivity index (χ4v) is 9.35. The molecule has 0 aromatic heterocycles. The summed E-state index contributed by atoms with van der Waals surface area (Å²) in [6.07, 6.45) is 2.09. The number of amides is 3. The number of benzene rings is 2. The lowest BCUT2D eigenvalue weighted by molar-refractivity contribution is -0.142. The molecule has 2 aromatic carbocycles. The number of ether oxygens (including phenoxy) is 1. The number of aliphatic hydroxyl groups excluding tert-OH is 1. The number of carbonyl (C=O) groups excluding carboxylic acids is 3. The topological polar surface area (TPSA) is 108 Å². The fraction of sp³-hybridized carbons (Fsp3) is 0.516. The third-order valence-corrected chi connectivity index (χ3v) is 11.3. The average Bonchev–Trinajstić information content (AvgIpc) is 3.60. The summed E-state index contributed by atoms with van der Waals surface area (Å²) in [7, 11) is 0. The van der Waals surface area contributed by atoms with Crippen molar-refractivity contribution >= 4 is 52.5 Å². The van der Waals surface area contributed by atoms with Gasteiger partial charge in [0.25, 0.3) is 0 Å². The molecule has 3 N–H and O–H groups in total. The number of nitrogens with zero attached hydrogens (tertiary/aromatic N) is 1. The van der Waals surface area contributed by atoms with Crippen molar-refractivity contribution in [3.63, 3.8) is 0 Å². The van der Waals surface area contributed by atoms with Gasteiger partial charge in [0.05, 0.1) is 46.5 Å². The molecule has 0 radical (unpaired) electrons. The second kappa shape index (κ2) is 11.9. The minimum atomic E-state index is -0.847. The Bertz CT molecular complexity index is 1300. The van der Waals surface area contributed by atoms with E-state index in [1.54, 1.807) is 47.0 Å². The molecule has 3 aliphatic heterocycles. The Morgan fingerprint density at radius 2 is 1.90 bits per heavy atom. The number of hydrogen-bond acceptors (Lipinski definition) is 6. The first kappa shape index (κ1) is 29.7. The molecule has 3 amide bonds. The number of likely N-dealkylation sites (tertiary alicyclic amines) is 1. The molecule has 3 fully saturated rings. The largest absolute Gasteiger partial charge is 0.494 e. The van der Waals surface area contributed by atoms with Crippen LogP contribution in [0.3, 0.4) is 0 Å². The molecule has 8 nitrogen and oxygen atoms in total. The van der Waals surface area contributed by atoms with Crippen LogP contribution in [-0.4, -0.2) is 63.0 Å². The second-order valence-corrected chi connectivity index (χ2v) is 13.3. The van der Waals surface area contributed by atoms with Crippen LogP contribution < -0.4 is 15.4 Å². The predicted octanol–water partition coefficient (Wildman–Crippen LogP) is 5.12. The van der Waals surface area contributed by atoms with Crippen molar-refractivity contribution in [2.24, 2.45) is 17.8 Å². The molecule has 2 bridgehead atoms. The number of nitrogens with one attached hydrogen (secondary N) is 2. The van der Waals surface area contributed by atoms with Crippen LogP contribution in [0.1, 0.15) is 45.6 Å². The van der Waals surface area contributed by atoms with Crippen molar-refractivity contribution in [1.29, 1.82) is 0 Å². The summed E-state index contributed by atoms with van der Waals surface area (Å²) in [5.41, 5.74) is 1.95. The highest BCUT2D eigenvalue weighted by atomic mass is 35.5. The smallest absolute Gasteiger partial charge is 0.248 e. The van der Waals surface area contributed by atoms with Crippen LogP contribution in [0.5, 0.6) is 5.75 Å². The lowest BCUT2D eigenvalue weighted by Crippen LogP contribution is -2.56. The number of para-hydroxylation sites is 1. The Hall–Kier alpha value is -2.75. The van der Waals surface area contributed by atoms with Gasteiger partial charge in [0.2, 0.25) is 17.7 Å². The van der Waals surface area contributed by atoms with Gasteiger partial charge in [0.15, 0.2) is 0 Å². The first-order valence-corrected chi connectivity index (χ1v) is 15.6. The molecular weight excluding hydrogens is 562 g/mol. The normalized spacial score (nSPS) is 27.9. The molecule has 220 valence electrons. The average molecular weight is 600 g/mol. The van der Waals surface area contributed by atoms with Crippen LogP contribution in [0.2, 0.25) is 5.02 Å². The quantitative estimate of drug-likeness (QED) is 0.350. The lowest BCUT2D eigenvalue weighted by Gasteiger charge is -2.39. The van der Waals surface area contributed by atoms with E-state index in [4.69, 9.17) is 16.3 Å². The summed E-state index contributed by atoms with van der Waals surface area (Å²) in [4.78, 5) is 44.0. The van der Waals surface area contributed by atoms with E-state index in [2.05, 4.69) is 10.6 Å². The number of hydrogen-bond donors (Lipinski definition) is 3. The highest BCUT2D eigenvalue weighted by molar-refractivity contribution is 8.02. The Morgan fingerprint density at radius 1 is 1.17 bits per heavy atom. The van der Waals surface area contributed by atoms with Crippen molar-refractivity contribution in [3.05, 3.63) is 53.1 Å². The Balaban J connectivity index is 1.50. The van der Waals surface area contributed by atoms with E-state index < -0.39 is 28.7 Å². The molecule has 3 saturated heterocycles. The molecule has 7 atom stereocenters. The summed E-state index contributed by atoms with van der Waals surface area (Å²) in [5, 5.41) is 16.9. The summed E-state index contributed by atoms with van der Waals surface area (Å²) in [6.45, 7) is 8.04. The molecule has 41 heavy (non-hydrogen) atoms. The Morgan fingerprint density at radius 3 is 2.54 bits per heavy atom. The molecule has 0 aliphatic carbocycles. The van der Waals surface area contributed by atoms with Gasteiger partial charge in [-0.05, 0) is 68.5 Å². The van der Waals surface area contributed by atoms with Crippen LogP contribution in [-0.2, 0) is 14.4 Å².